The standard InChI is InChI=1S/C20H21N5O2.2ClH/c1-13-8-17(4-2-15(13)11-25-7-6-23-12-25)24-19(27)10-16-9-14(20(21)22)3-5-18(16)26;;/h2-9,12,26H,10-11H2,1H3,(H3,21,22)(H,24,27);2*1H. The Morgan fingerprint density at radius 2 is 1.97 bits per heavy atom. The van der Waals surface area contributed by atoms with Crippen molar-refractivity contribution in [3.05, 3.63) is 77.4 Å². The summed E-state index contributed by atoms with van der Waals surface area (Å²) in [7, 11) is 0. The van der Waals surface area contributed by atoms with E-state index in [9.17, 15) is 9.90 Å². The van der Waals surface area contributed by atoms with Gasteiger partial charge >= 0.3 is 0 Å². The van der Waals surface area contributed by atoms with Crippen LogP contribution >= 0.6 is 24.8 Å². The van der Waals surface area contributed by atoms with Crippen molar-refractivity contribution in [2.45, 2.75) is 19.9 Å². The SMILES string of the molecule is Cc1cc(NC(=O)Cc2cc(C(=N)N)ccc2O)ccc1Cn1ccnc1.Cl.Cl. The number of anilines is 1. The van der Waals surface area contributed by atoms with Crippen LogP contribution in [0.2, 0.25) is 0 Å². The van der Waals surface area contributed by atoms with Crippen molar-refractivity contribution in [2.75, 3.05) is 5.32 Å². The minimum atomic E-state index is -0.257. The van der Waals surface area contributed by atoms with Gasteiger partial charge < -0.3 is 20.7 Å². The Balaban J connectivity index is 0.00000210. The molecule has 1 heterocycles. The maximum absolute atomic E-state index is 12.3. The molecule has 0 saturated carbocycles. The van der Waals surface area contributed by atoms with E-state index in [2.05, 4.69) is 10.3 Å². The van der Waals surface area contributed by atoms with Crippen molar-refractivity contribution >= 4 is 42.2 Å². The summed E-state index contributed by atoms with van der Waals surface area (Å²) in [6.45, 7) is 2.70. The van der Waals surface area contributed by atoms with Gasteiger partial charge in [-0.1, -0.05) is 6.07 Å². The number of phenolic OH excluding ortho intramolecular Hbond substituents is 1. The van der Waals surface area contributed by atoms with Gasteiger partial charge in [0.2, 0.25) is 5.91 Å². The van der Waals surface area contributed by atoms with Crippen LogP contribution in [-0.2, 0) is 17.8 Å². The summed E-state index contributed by atoms with van der Waals surface area (Å²) < 4.78 is 1.98. The predicted octanol–water partition coefficient (Wildman–Crippen LogP) is 3.25. The number of hydrogen-bond acceptors (Lipinski definition) is 4. The van der Waals surface area contributed by atoms with Crippen molar-refractivity contribution in [1.29, 1.82) is 5.41 Å². The smallest absolute Gasteiger partial charge is 0.228 e. The van der Waals surface area contributed by atoms with E-state index in [0.717, 1.165) is 11.1 Å². The number of amidine groups is 1. The number of nitrogens with zero attached hydrogens (tertiary/aromatic N) is 2. The summed E-state index contributed by atoms with van der Waals surface area (Å²) in [6.07, 6.45) is 5.39. The molecule has 0 saturated heterocycles. The van der Waals surface area contributed by atoms with Crippen LogP contribution in [0.3, 0.4) is 0 Å². The molecule has 0 aliphatic carbocycles. The number of benzene rings is 2. The number of aryl methyl sites for hydroxylation is 1. The molecule has 1 aromatic heterocycles. The van der Waals surface area contributed by atoms with Gasteiger partial charge in [0.05, 0.1) is 12.7 Å². The summed E-state index contributed by atoms with van der Waals surface area (Å²) in [5, 5.41) is 20.2. The topological polar surface area (TPSA) is 117 Å². The highest BCUT2D eigenvalue weighted by Gasteiger charge is 2.11. The van der Waals surface area contributed by atoms with Gasteiger partial charge in [-0.15, -0.1) is 24.8 Å². The molecule has 5 N–H and O–H groups in total. The summed E-state index contributed by atoms with van der Waals surface area (Å²) in [5.41, 5.74) is 9.24. The number of amides is 1. The third kappa shape index (κ3) is 6.23. The van der Waals surface area contributed by atoms with E-state index in [-0.39, 0.29) is 48.7 Å². The summed E-state index contributed by atoms with van der Waals surface area (Å²) in [5.74, 6) is -0.365. The molecule has 7 nitrogen and oxygen atoms in total. The fraction of sp³-hybridized carbons (Fsp3) is 0.150. The first-order chi connectivity index (χ1) is 12.9. The molecule has 3 aromatic rings. The first kappa shape index (κ1) is 24.0. The maximum Gasteiger partial charge on any atom is 0.228 e. The number of nitrogens with one attached hydrogen (secondary N) is 2. The zero-order valence-corrected chi connectivity index (χ0v) is 17.4. The van der Waals surface area contributed by atoms with Gasteiger partial charge in [0, 0.05) is 35.8 Å². The average Bonchev–Trinajstić information content (AvgIpc) is 3.12. The van der Waals surface area contributed by atoms with Crippen LogP contribution in [0.1, 0.15) is 22.3 Å². The van der Waals surface area contributed by atoms with Crippen LogP contribution in [0, 0.1) is 12.3 Å². The van der Waals surface area contributed by atoms with E-state index in [4.69, 9.17) is 11.1 Å². The fourth-order valence-electron chi connectivity index (χ4n) is 2.80. The second kappa shape index (κ2) is 10.5. The van der Waals surface area contributed by atoms with Crippen LogP contribution in [0.25, 0.3) is 0 Å². The highest BCUT2D eigenvalue weighted by Crippen LogP contribution is 2.21. The molecule has 29 heavy (non-hydrogen) atoms. The molecule has 1 amide bonds. The van der Waals surface area contributed by atoms with Gasteiger partial charge in [-0.3, -0.25) is 10.2 Å². The highest BCUT2D eigenvalue weighted by molar-refractivity contribution is 5.96. The number of aromatic nitrogens is 2. The molecule has 3 rings (SSSR count). The molecular formula is C20H23Cl2N5O2. The number of halogens is 2. The number of carbonyl (C=O) groups excluding carboxylic acids is 1. The Hall–Kier alpha value is -3.03. The lowest BCUT2D eigenvalue weighted by atomic mass is 10.1. The van der Waals surface area contributed by atoms with Gasteiger partial charge in [-0.25, -0.2) is 4.98 Å². The Kier molecular flexibility index (Phi) is 8.69. The Bertz CT molecular complexity index is 991. The largest absolute Gasteiger partial charge is 0.508 e. The molecule has 154 valence electrons. The monoisotopic (exact) mass is 435 g/mol. The van der Waals surface area contributed by atoms with E-state index in [1.807, 2.05) is 35.9 Å². The van der Waals surface area contributed by atoms with Crippen LogP contribution in [-0.4, -0.2) is 26.4 Å². The molecular weight excluding hydrogens is 413 g/mol. The number of rotatable bonds is 6. The van der Waals surface area contributed by atoms with Crippen molar-refractivity contribution in [1.82, 2.24) is 9.55 Å². The minimum Gasteiger partial charge on any atom is -0.508 e. The Morgan fingerprint density at radius 3 is 2.59 bits per heavy atom. The second-order valence-corrected chi connectivity index (χ2v) is 6.36. The second-order valence-electron chi connectivity index (χ2n) is 6.36. The minimum absolute atomic E-state index is 0. The summed E-state index contributed by atoms with van der Waals surface area (Å²) in [4.78, 5) is 16.4. The first-order valence-electron chi connectivity index (χ1n) is 8.44. The van der Waals surface area contributed by atoms with Gasteiger partial charge in [0.15, 0.2) is 0 Å². The number of imidazole rings is 1. The van der Waals surface area contributed by atoms with Crippen LogP contribution in [0.5, 0.6) is 5.75 Å². The number of nitrogen functional groups attached to an aromatic ring is 1. The molecule has 0 radical (unpaired) electrons. The molecule has 0 aliphatic heterocycles. The van der Waals surface area contributed by atoms with Crippen LogP contribution in [0.4, 0.5) is 5.69 Å². The fourth-order valence-corrected chi connectivity index (χ4v) is 2.80. The maximum atomic E-state index is 12.3. The summed E-state index contributed by atoms with van der Waals surface area (Å²) in [6, 6.07) is 10.3. The number of carbonyl (C=O) groups is 1. The number of phenols is 1. The zero-order valence-electron chi connectivity index (χ0n) is 15.8. The molecule has 9 heteroatoms. The van der Waals surface area contributed by atoms with Gasteiger partial charge in [0.1, 0.15) is 11.6 Å². The van der Waals surface area contributed by atoms with Crippen LogP contribution < -0.4 is 11.1 Å². The van der Waals surface area contributed by atoms with Crippen molar-refractivity contribution in [3.8, 4) is 5.75 Å². The zero-order chi connectivity index (χ0) is 19.4. The lowest BCUT2D eigenvalue weighted by molar-refractivity contribution is -0.115. The lowest BCUT2D eigenvalue weighted by Crippen LogP contribution is -2.16. The molecule has 0 unspecified atom stereocenters. The van der Waals surface area contributed by atoms with E-state index in [1.54, 1.807) is 24.7 Å². The molecule has 0 fully saturated rings. The molecule has 0 spiro atoms. The molecule has 2 aromatic carbocycles. The molecule has 0 bridgehead atoms. The quantitative estimate of drug-likeness (QED) is 0.351. The lowest BCUT2D eigenvalue weighted by Gasteiger charge is -2.11. The van der Waals surface area contributed by atoms with E-state index < -0.39 is 0 Å². The average molecular weight is 436 g/mol. The summed E-state index contributed by atoms with van der Waals surface area (Å²) >= 11 is 0. The number of aromatic hydroxyl groups is 1. The Morgan fingerprint density at radius 1 is 1.21 bits per heavy atom. The highest BCUT2D eigenvalue weighted by atomic mass is 35.5. The van der Waals surface area contributed by atoms with Gasteiger partial charge in [0.25, 0.3) is 0 Å². The van der Waals surface area contributed by atoms with E-state index in [1.165, 1.54) is 6.07 Å². The van der Waals surface area contributed by atoms with Crippen LogP contribution in [0.15, 0.2) is 55.1 Å². The van der Waals surface area contributed by atoms with Crippen molar-refractivity contribution in [3.63, 3.8) is 0 Å². The predicted molar refractivity (Wildman–Crippen MR) is 118 cm³/mol. The molecule has 0 aliphatic rings. The number of hydrogen-bond donors (Lipinski definition) is 4. The van der Waals surface area contributed by atoms with Crippen molar-refractivity contribution in [2.24, 2.45) is 5.73 Å². The van der Waals surface area contributed by atoms with E-state index >= 15 is 0 Å². The third-order valence-corrected chi connectivity index (χ3v) is 4.28. The van der Waals surface area contributed by atoms with Crippen molar-refractivity contribution < 1.29 is 9.90 Å². The normalized spacial score (nSPS) is 9.83. The van der Waals surface area contributed by atoms with Gasteiger partial charge in [-0.2, -0.15) is 0 Å². The third-order valence-electron chi connectivity index (χ3n) is 4.28. The Labute approximate surface area is 181 Å². The van der Waals surface area contributed by atoms with Gasteiger partial charge in [-0.05, 0) is 48.4 Å². The molecule has 0 atom stereocenters. The number of nitrogens with two attached hydrogens (primary N) is 1. The van der Waals surface area contributed by atoms with E-state index in [0.29, 0.717) is 23.4 Å². The first-order valence-corrected chi connectivity index (χ1v) is 8.44.